The quantitative estimate of drug-likeness (QED) is 0.721. The lowest BCUT2D eigenvalue weighted by atomic mass is 10.3. The number of aromatic nitrogens is 4. The standard InChI is InChI=1S/C11H11N5O2/c1-17-5-6-4-8(16-18-6)11-13-7-2-3-9(12)14-10(7)15-11/h2-4H,5H2,1H3,(H3,12,13,14,15). The molecule has 3 N–H and O–H groups in total. The van der Waals surface area contributed by atoms with Crippen molar-refractivity contribution < 1.29 is 9.26 Å². The van der Waals surface area contributed by atoms with E-state index in [2.05, 4.69) is 20.1 Å². The predicted octanol–water partition coefficient (Wildman–Crippen LogP) is 1.34. The minimum Gasteiger partial charge on any atom is -0.384 e. The fourth-order valence-corrected chi connectivity index (χ4v) is 1.66. The number of fused-ring (bicyclic) bond motifs is 1. The molecule has 18 heavy (non-hydrogen) atoms. The highest BCUT2D eigenvalue weighted by Gasteiger charge is 2.11. The zero-order valence-electron chi connectivity index (χ0n) is 9.67. The molecule has 3 rings (SSSR count). The summed E-state index contributed by atoms with van der Waals surface area (Å²) in [6, 6.07) is 5.30. The number of rotatable bonds is 3. The fraction of sp³-hybridized carbons (Fsp3) is 0.182. The molecule has 0 amide bonds. The maximum Gasteiger partial charge on any atom is 0.180 e. The second-order valence-electron chi connectivity index (χ2n) is 3.80. The maximum absolute atomic E-state index is 5.60. The molecule has 3 heterocycles. The van der Waals surface area contributed by atoms with Gasteiger partial charge < -0.3 is 20.0 Å². The summed E-state index contributed by atoms with van der Waals surface area (Å²) in [5.74, 6) is 1.66. The van der Waals surface area contributed by atoms with Crippen molar-refractivity contribution in [2.24, 2.45) is 0 Å². The molecule has 0 aliphatic heterocycles. The van der Waals surface area contributed by atoms with Crippen LogP contribution in [0.3, 0.4) is 0 Å². The van der Waals surface area contributed by atoms with Gasteiger partial charge >= 0.3 is 0 Å². The summed E-state index contributed by atoms with van der Waals surface area (Å²) in [6.45, 7) is 0.373. The van der Waals surface area contributed by atoms with Crippen LogP contribution in [0.2, 0.25) is 0 Å². The molecule has 3 aromatic rings. The number of hydrogen-bond acceptors (Lipinski definition) is 6. The Morgan fingerprint density at radius 3 is 3.11 bits per heavy atom. The average Bonchev–Trinajstić information content (AvgIpc) is 2.94. The summed E-state index contributed by atoms with van der Waals surface area (Å²) < 4.78 is 10.1. The third kappa shape index (κ3) is 1.80. The van der Waals surface area contributed by atoms with Gasteiger partial charge in [-0.15, -0.1) is 0 Å². The monoisotopic (exact) mass is 245 g/mol. The third-order valence-electron chi connectivity index (χ3n) is 2.46. The number of anilines is 1. The molecular weight excluding hydrogens is 234 g/mol. The minimum absolute atomic E-state index is 0.373. The summed E-state index contributed by atoms with van der Waals surface area (Å²) in [6.07, 6.45) is 0. The van der Waals surface area contributed by atoms with E-state index in [0.717, 1.165) is 5.52 Å². The van der Waals surface area contributed by atoms with Gasteiger partial charge in [0.15, 0.2) is 17.2 Å². The smallest absolute Gasteiger partial charge is 0.180 e. The van der Waals surface area contributed by atoms with Crippen LogP contribution in [-0.2, 0) is 11.3 Å². The lowest BCUT2D eigenvalue weighted by Gasteiger charge is -1.88. The van der Waals surface area contributed by atoms with E-state index in [-0.39, 0.29) is 0 Å². The van der Waals surface area contributed by atoms with Crippen molar-refractivity contribution in [3.63, 3.8) is 0 Å². The van der Waals surface area contributed by atoms with E-state index in [1.807, 2.05) is 6.07 Å². The number of nitrogens with one attached hydrogen (secondary N) is 1. The van der Waals surface area contributed by atoms with Crippen molar-refractivity contribution in [3.05, 3.63) is 24.0 Å². The summed E-state index contributed by atoms with van der Waals surface area (Å²) in [4.78, 5) is 11.5. The number of nitrogens with two attached hydrogens (primary N) is 1. The minimum atomic E-state index is 0.373. The Hall–Kier alpha value is -2.41. The Morgan fingerprint density at radius 2 is 2.28 bits per heavy atom. The second kappa shape index (κ2) is 4.11. The Balaban J connectivity index is 2.02. The number of nitrogen functional groups attached to an aromatic ring is 1. The van der Waals surface area contributed by atoms with Crippen molar-refractivity contribution >= 4 is 17.0 Å². The van der Waals surface area contributed by atoms with Crippen LogP contribution in [0.5, 0.6) is 0 Å². The van der Waals surface area contributed by atoms with Gasteiger partial charge in [0.25, 0.3) is 0 Å². The molecular formula is C11H11N5O2. The molecule has 0 bridgehead atoms. The van der Waals surface area contributed by atoms with Crippen molar-refractivity contribution in [1.29, 1.82) is 0 Å². The maximum atomic E-state index is 5.60. The normalized spacial score (nSPS) is 11.2. The first-order valence-corrected chi connectivity index (χ1v) is 5.33. The Kier molecular flexibility index (Phi) is 2.45. The van der Waals surface area contributed by atoms with Crippen LogP contribution in [-0.4, -0.2) is 27.2 Å². The van der Waals surface area contributed by atoms with Crippen LogP contribution in [0.15, 0.2) is 22.7 Å². The molecule has 0 aliphatic rings. The SMILES string of the molecule is COCc1cc(-c2nc3nc(N)ccc3[nH]2)no1. The number of methoxy groups -OCH3 is 1. The van der Waals surface area contributed by atoms with Crippen LogP contribution in [0.4, 0.5) is 5.82 Å². The topological polar surface area (TPSA) is 103 Å². The molecule has 0 spiro atoms. The van der Waals surface area contributed by atoms with E-state index in [0.29, 0.717) is 35.4 Å². The van der Waals surface area contributed by atoms with Crippen LogP contribution in [0.25, 0.3) is 22.7 Å². The molecule has 7 nitrogen and oxygen atoms in total. The highest BCUT2D eigenvalue weighted by Crippen LogP contribution is 2.20. The van der Waals surface area contributed by atoms with E-state index in [1.54, 1.807) is 19.2 Å². The van der Waals surface area contributed by atoms with Gasteiger partial charge in [0, 0.05) is 13.2 Å². The van der Waals surface area contributed by atoms with Crippen molar-refractivity contribution in [2.75, 3.05) is 12.8 Å². The van der Waals surface area contributed by atoms with Gasteiger partial charge in [-0.2, -0.15) is 0 Å². The van der Waals surface area contributed by atoms with Gasteiger partial charge in [0.1, 0.15) is 18.1 Å². The second-order valence-corrected chi connectivity index (χ2v) is 3.80. The summed E-state index contributed by atoms with van der Waals surface area (Å²) >= 11 is 0. The van der Waals surface area contributed by atoms with Crippen molar-refractivity contribution in [1.82, 2.24) is 20.1 Å². The van der Waals surface area contributed by atoms with E-state index in [4.69, 9.17) is 15.0 Å². The van der Waals surface area contributed by atoms with E-state index in [1.165, 1.54) is 0 Å². The van der Waals surface area contributed by atoms with Crippen LogP contribution in [0, 0.1) is 0 Å². The largest absolute Gasteiger partial charge is 0.384 e. The van der Waals surface area contributed by atoms with Gasteiger partial charge in [0.05, 0.1) is 5.52 Å². The number of hydrogen-bond donors (Lipinski definition) is 2. The Labute approximate surface area is 102 Å². The van der Waals surface area contributed by atoms with Crippen LogP contribution >= 0.6 is 0 Å². The lowest BCUT2D eigenvalue weighted by molar-refractivity contribution is 0.156. The first-order chi connectivity index (χ1) is 8.76. The number of nitrogens with zero attached hydrogens (tertiary/aromatic N) is 3. The number of ether oxygens (including phenoxy) is 1. The molecule has 0 aliphatic carbocycles. The third-order valence-corrected chi connectivity index (χ3v) is 2.46. The molecule has 0 aromatic carbocycles. The average molecular weight is 245 g/mol. The number of pyridine rings is 1. The first-order valence-electron chi connectivity index (χ1n) is 5.33. The van der Waals surface area contributed by atoms with Crippen LogP contribution in [0.1, 0.15) is 5.76 Å². The molecule has 0 fully saturated rings. The van der Waals surface area contributed by atoms with Crippen molar-refractivity contribution in [3.8, 4) is 11.5 Å². The van der Waals surface area contributed by atoms with Gasteiger partial charge in [-0.05, 0) is 12.1 Å². The molecule has 0 radical (unpaired) electrons. The molecule has 92 valence electrons. The van der Waals surface area contributed by atoms with Gasteiger partial charge in [-0.1, -0.05) is 5.16 Å². The van der Waals surface area contributed by atoms with Crippen molar-refractivity contribution in [2.45, 2.75) is 6.61 Å². The van der Waals surface area contributed by atoms with Gasteiger partial charge in [-0.3, -0.25) is 0 Å². The molecule has 0 atom stereocenters. The Bertz CT molecular complexity index is 688. The molecule has 7 heteroatoms. The zero-order chi connectivity index (χ0) is 12.5. The fourth-order valence-electron chi connectivity index (χ4n) is 1.66. The molecule has 3 aromatic heterocycles. The number of aromatic amines is 1. The van der Waals surface area contributed by atoms with E-state index in [9.17, 15) is 0 Å². The highest BCUT2D eigenvalue weighted by atomic mass is 16.5. The molecule has 0 saturated heterocycles. The molecule has 0 saturated carbocycles. The Morgan fingerprint density at radius 1 is 1.39 bits per heavy atom. The van der Waals surface area contributed by atoms with E-state index >= 15 is 0 Å². The zero-order valence-corrected chi connectivity index (χ0v) is 9.67. The van der Waals surface area contributed by atoms with E-state index < -0.39 is 0 Å². The predicted molar refractivity (Wildman–Crippen MR) is 64.5 cm³/mol. The summed E-state index contributed by atoms with van der Waals surface area (Å²) in [7, 11) is 1.59. The van der Waals surface area contributed by atoms with Gasteiger partial charge in [-0.25, -0.2) is 9.97 Å². The molecule has 0 unspecified atom stereocenters. The summed E-state index contributed by atoms with van der Waals surface area (Å²) in [5, 5.41) is 3.91. The number of H-pyrrole nitrogens is 1. The first kappa shape index (κ1) is 10.7. The van der Waals surface area contributed by atoms with Crippen LogP contribution < -0.4 is 5.73 Å². The number of imidazole rings is 1. The summed E-state index contributed by atoms with van der Waals surface area (Å²) in [5.41, 5.74) is 7.57. The lowest BCUT2D eigenvalue weighted by Crippen LogP contribution is -1.88. The van der Waals surface area contributed by atoms with Gasteiger partial charge in [0.2, 0.25) is 0 Å². The highest BCUT2D eigenvalue weighted by molar-refractivity contribution is 5.76.